The second kappa shape index (κ2) is 12.0. The molecule has 0 saturated heterocycles. The van der Waals surface area contributed by atoms with Gasteiger partial charge in [0, 0.05) is 12.5 Å². The molecular weight excluding hydrogens is 260 g/mol. The van der Waals surface area contributed by atoms with E-state index in [1.807, 2.05) is 0 Å². The number of hydrogen-bond acceptors (Lipinski definition) is 2. The smallest absolute Gasteiger partial charge is 0.223 e. The van der Waals surface area contributed by atoms with Gasteiger partial charge in [-0.05, 0) is 38.1 Å². The second-order valence-electron chi connectivity index (χ2n) is 6.73. The van der Waals surface area contributed by atoms with E-state index in [-0.39, 0.29) is 11.8 Å². The molecule has 3 N–H and O–H groups in total. The zero-order chi connectivity index (χ0) is 15.3. The van der Waals surface area contributed by atoms with Crippen LogP contribution in [0.15, 0.2) is 0 Å². The van der Waals surface area contributed by atoms with E-state index in [0.29, 0.717) is 5.92 Å². The summed E-state index contributed by atoms with van der Waals surface area (Å²) in [5.74, 6) is 1.06. The topological polar surface area (TPSA) is 55.1 Å². The molecule has 0 aromatic carbocycles. The van der Waals surface area contributed by atoms with Crippen LogP contribution in [0, 0.1) is 11.8 Å². The van der Waals surface area contributed by atoms with Crippen LogP contribution in [0.25, 0.3) is 0 Å². The Morgan fingerprint density at radius 2 is 1.71 bits per heavy atom. The number of nitrogens with two attached hydrogens (primary N) is 1. The SMILES string of the molecule is CCCCCCCCCCNC(=O)C1CCCC(CN)C1. The maximum absolute atomic E-state index is 12.1. The number of unbranched alkanes of at least 4 members (excludes halogenated alkanes) is 7. The molecule has 1 rings (SSSR count). The van der Waals surface area contributed by atoms with Gasteiger partial charge in [0.05, 0.1) is 0 Å². The highest BCUT2D eigenvalue weighted by molar-refractivity contribution is 5.78. The first-order chi connectivity index (χ1) is 10.3. The van der Waals surface area contributed by atoms with Crippen molar-refractivity contribution in [1.29, 1.82) is 0 Å². The van der Waals surface area contributed by atoms with E-state index < -0.39 is 0 Å². The lowest BCUT2D eigenvalue weighted by molar-refractivity contribution is -0.126. The van der Waals surface area contributed by atoms with Crippen LogP contribution in [0.5, 0.6) is 0 Å². The standard InChI is InChI=1S/C18H36N2O/c1-2-3-4-5-6-7-8-9-13-20-18(21)17-12-10-11-16(14-17)15-19/h16-17H,2-15,19H2,1H3,(H,20,21). The Morgan fingerprint density at radius 1 is 1.05 bits per heavy atom. The quantitative estimate of drug-likeness (QED) is 0.566. The Hall–Kier alpha value is -0.570. The van der Waals surface area contributed by atoms with Crippen molar-refractivity contribution < 1.29 is 4.79 Å². The Bertz CT molecular complexity index is 268. The van der Waals surface area contributed by atoms with Gasteiger partial charge >= 0.3 is 0 Å². The Balaban J connectivity index is 1.96. The van der Waals surface area contributed by atoms with Crippen molar-refractivity contribution in [2.45, 2.75) is 84.0 Å². The van der Waals surface area contributed by atoms with Gasteiger partial charge in [-0.15, -0.1) is 0 Å². The van der Waals surface area contributed by atoms with Crippen LogP contribution in [0.3, 0.4) is 0 Å². The summed E-state index contributed by atoms with van der Waals surface area (Å²) in [5.41, 5.74) is 5.73. The van der Waals surface area contributed by atoms with Gasteiger partial charge in [-0.25, -0.2) is 0 Å². The molecule has 1 fully saturated rings. The molecular formula is C18H36N2O. The number of nitrogens with one attached hydrogen (secondary N) is 1. The Labute approximate surface area is 131 Å². The lowest BCUT2D eigenvalue weighted by Gasteiger charge is -2.27. The molecule has 0 aliphatic heterocycles. The summed E-state index contributed by atoms with van der Waals surface area (Å²) in [4.78, 5) is 12.1. The van der Waals surface area contributed by atoms with Crippen LogP contribution < -0.4 is 11.1 Å². The van der Waals surface area contributed by atoms with Crippen molar-refractivity contribution in [3.8, 4) is 0 Å². The molecule has 1 saturated carbocycles. The molecule has 3 nitrogen and oxygen atoms in total. The van der Waals surface area contributed by atoms with Crippen molar-refractivity contribution in [2.24, 2.45) is 17.6 Å². The monoisotopic (exact) mass is 296 g/mol. The minimum Gasteiger partial charge on any atom is -0.356 e. The molecule has 1 aliphatic carbocycles. The van der Waals surface area contributed by atoms with Gasteiger partial charge in [0.15, 0.2) is 0 Å². The van der Waals surface area contributed by atoms with Crippen LogP contribution in [0.4, 0.5) is 0 Å². The van der Waals surface area contributed by atoms with E-state index in [0.717, 1.165) is 38.8 Å². The first kappa shape index (κ1) is 18.5. The van der Waals surface area contributed by atoms with Gasteiger partial charge in [-0.1, -0.05) is 58.3 Å². The first-order valence-electron chi connectivity index (χ1n) is 9.25. The molecule has 0 radical (unpaired) electrons. The molecule has 0 bridgehead atoms. The molecule has 0 aromatic rings. The van der Waals surface area contributed by atoms with E-state index in [1.54, 1.807) is 0 Å². The van der Waals surface area contributed by atoms with Crippen molar-refractivity contribution in [3.05, 3.63) is 0 Å². The van der Waals surface area contributed by atoms with Crippen molar-refractivity contribution in [3.63, 3.8) is 0 Å². The highest BCUT2D eigenvalue weighted by Gasteiger charge is 2.25. The zero-order valence-electron chi connectivity index (χ0n) is 14.0. The van der Waals surface area contributed by atoms with Gasteiger partial charge in [0.1, 0.15) is 0 Å². The molecule has 0 spiro atoms. The van der Waals surface area contributed by atoms with Crippen LogP contribution in [0.1, 0.15) is 84.0 Å². The van der Waals surface area contributed by atoms with Gasteiger partial charge in [0.25, 0.3) is 0 Å². The highest BCUT2D eigenvalue weighted by Crippen LogP contribution is 2.28. The maximum Gasteiger partial charge on any atom is 0.223 e. The van der Waals surface area contributed by atoms with Crippen LogP contribution in [-0.2, 0) is 4.79 Å². The molecule has 0 aromatic heterocycles. The number of carbonyl (C=O) groups is 1. The van der Waals surface area contributed by atoms with Gasteiger partial charge in [-0.3, -0.25) is 4.79 Å². The largest absolute Gasteiger partial charge is 0.356 e. The first-order valence-corrected chi connectivity index (χ1v) is 9.25. The predicted octanol–water partition coefficient (Wildman–Crippen LogP) is 4.01. The minimum atomic E-state index is 0.223. The van der Waals surface area contributed by atoms with Crippen molar-refractivity contribution in [1.82, 2.24) is 5.32 Å². The molecule has 21 heavy (non-hydrogen) atoms. The number of amides is 1. The average Bonchev–Trinajstić information content (AvgIpc) is 2.53. The summed E-state index contributed by atoms with van der Waals surface area (Å²) in [6, 6.07) is 0. The number of hydrogen-bond donors (Lipinski definition) is 2. The Kier molecular flexibility index (Phi) is 10.6. The van der Waals surface area contributed by atoms with Gasteiger partial charge in [-0.2, -0.15) is 0 Å². The number of carbonyl (C=O) groups excluding carboxylic acids is 1. The third kappa shape index (κ3) is 8.45. The van der Waals surface area contributed by atoms with Gasteiger partial charge < -0.3 is 11.1 Å². The predicted molar refractivity (Wildman–Crippen MR) is 90.1 cm³/mol. The summed E-state index contributed by atoms with van der Waals surface area (Å²) in [5, 5.41) is 3.13. The molecule has 1 aliphatic rings. The molecule has 1 amide bonds. The third-order valence-corrected chi connectivity index (χ3v) is 4.82. The summed E-state index contributed by atoms with van der Waals surface area (Å²) >= 11 is 0. The minimum absolute atomic E-state index is 0.223. The van der Waals surface area contributed by atoms with E-state index in [1.165, 1.54) is 51.4 Å². The number of rotatable bonds is 11. The molecule has 2 unspecified atom stereocenters. The normalized spacial score (nSPS) is 22.2. The van der Waals surface area contributed by atoms with Crippen molar-refractivity contribution in [2.75, 3.05) is 13.1 Å². The lowest BCUT2D eigenvalue weighted by atomic mass is 9.81. The molecule has 2 atom stereocenters. The van der Waals surface area contributed by atoms with E-state index >= 15 is 0 Å². The molecule has 124 valence electrons. The molecule has 0 heterocycles. The van der Waals surface area contributed by atoms with Gasteiger partial charge in [0.2, 0.25) is 5.91 Å². The lowest BCUT2D eigenvalue weighted by Crippen LogP contribution is -2.35. The summed E-state index contributed by atoms with van der Waals surface area (Å²) in [7, 11) is 0. The fraction of sp³-hybridized carbons (Fsp3) is 0.944. The average molecular weight is 296 g/mol. The highest BCUT2D eigenvalue weighted by atomic mass is 16.1. The zero-order valence-corrected chi connectivity index (χ0v) is 14.0. The second-order valence-corrected chi connectivity index (χ2v) is 6.73. The van der Waals surface area contributed by atoms with Crippen LogP contribution in [0.2, 0.25) is 0 Å². The fourth-order valence-electron chi connectivity index (χ4n) is 3.36. The summed E-state index contributed by atoms with van der Waals surface area (Å²) < 4.78 is 0. The van der Waals surface area contributed by atoms with Crippen LogP contribution >= 0.6 is 0 Å². The fourth-order valence-corrected chi connectivity index (χ4v) is 3.36. The van der Waals surface area contributed by atoms with Crippen LogP contribution in [-0.4, -0.2) is 19.0 Å². The third-order valence-electron chi connectivity index (χ3n) is 4.82. The Morgan fingerprint density at radius 3 is 2.38 bits per heavy atom. The van der Waals surface area contributed by atoms with E-state index in [4.69, 9.17) is 5.73 Å². The summed E-state index contributed by atoms with van der Waals surface area (Å²) in [6.07, 6.45) is 14.9. The van der Waals surface area contributed by atoms with E-state index in [9.17, 15) is 4.79 Å². The van der Waals surface area contributed by atoms with E-state index in [2.05, 4.69) is 12.2 Å². The molecule has 3 heteroatoms. The summed E-state index contributed by atoms with van der Waals surface area (Å²) in [6.45, 7) is 3.85. The maximum atomic E-state index is 12.1. The van der Waals surface area contributed by atoms with Crippen molar-refractivity contribution >= 4 is 5.91 Å².